The Balaban J connectivity index is 1.76. The van der Waals surface area contributed by atoms with E-state index in [9.17, 15) is 9.90 Å². The summed E-state index contributed by atoms with van der Waals surface area (Å²) in [6, 6.07) is 11.2. The van der Waals surface area contributed by atoms with Crippen LogP contribution in [0.25, 0.3) is 6.08 Å². The Morgan fingerprint density at radius 1 is 1.23 bits per heavy atom. The van der Waals surface area contributed by atoms with Crippen molar-refractivity contribution >= 4 is 27.9 Å². The largest absolute Gasteiger partial charge is 0.507 e. The molecule has 1 N–H and O–H groups in total. The van der Waals surface area contributed by atoms with E-state index in [-0.39, 0.29) is 17.6 Å². The molecule has 1 fully saturated rings. The highest BCUT2D eigenvalue weighted by molar-refractivity contribution is 9.10. The van der Waals surface area contributed by atoms with E-state index in [4.69, 9.17) is 14.2 Å². The van der Waals surface area contributed by atoms with Crippen LogP contribution in [-0.2, 0) is 4.79 Å². The topological polar surface area (TPSA) is 68.2 Å². The van der Waals surface area contributed by atoms with Crippen molar-refractivity contribution in [3.63, 3.8) is 0 Å². The summed E-state index contributed by atoms with van der Waals surface area (Å²) in [5.74, 6) is 1.34. The van der Waals surface area contributed by atoms with Gasteiger partial charge in [0.25, 0.3) is 5.91 Å². The Labute approximate surface area is 189 Å². The Morgan fingerprint density at radius 2 is 1.97 bits per heavy atom. The molecule has 162 valence electrons. The second-order valence-electron chi connectivity index (χ2n) is 7.83. The molecule has 1 amide bonds. The number of likely N-dealkylation sites (N-methyl/N-ethyl adjacent to an activating group) is 1. The van der Waals surface area contributed by atoms with E-state index in [1.54, 1.807) is 50.5 Å². The van der Waals surface area contributed by atoms with Crippen molar-refractivity contribution in [2.75, 3.05) is 21.3 Å². The van der Waals surface area contributed by atoms with Gasteiger partial charge in [0.1, 0.15) is 11.5 Å². The number of piperidine rings is 1. The number of likely N-dealkylation sites (tertiary alicyclic amines) is 1. The van der Waals surface area contributed by atoms with Gasteiger partial charge in [-0.1, -0.05) is 28.1 Å². The van der Waals surface area contributed by atoms with Gasteiger partial charge in [0.2, 0.25) is 0 Å². The van der Waals surface area contributed by atoms with Gasteiger partial charge >= 0.3 is 0 Å². The summed E-state index contributed by atoms with van der Waals surface area (Å²) >= 11 is 3.50. The third-order valence-electron chi connectivity index (χ3n) is 5.97. The van der Waals surface area contributed by atoms with E-state index in [0.29, 0.717) is 23.5 Å². The van der Waals surface area contributed by atoms with Gasteiger partial charge in [0, 0.05) is 29.4 Å². The molecule has 0 spiro atoms. The molecule has 0 aromatic heterocycles. The molecule has 31 heavy (non-hydrogen) atoms. The van der Waals surface area contributed by atoms with Crippen molar-refractivity contribution in [3.8, 4) is 17.2 Å². The fourth-order valence-corrected chi connectivity index (χ4v) is 4.55. The Morgan fingerprint density at radius 3 is 2.68 bits per heavy atom. The molecule has 2 atom stereocenters. The van der Waals surface area contributed by atoms with Crippen molar-refractivity contribution in [2.45, 2.75) is 25.0 Å². The van der Waals surface area contributed by atoms with Crippen LogP contribution < -0.4 is 14.2 Å². The Bertz CT molecular complexity index is 1110. The maximum absolute atomic E-state index is 13.2. The molecule has 2 aromatic carbocycles. The molecule has 0 unspecified atom stereocenters. The van der Waals surface area contributed by atoms with Crippen molar-refractivity contribution in [3.05, 3.63) is 69.4 Å². The van der Waals surface area contributed by atoms with Crippen LogP contribution in [0.4, 0.5) is 0 Å². The summed E-state index contributed by atoms with van der Waals surface area (Å²) in [5.41, 5.74) is 1.29. The van der Waals surface area contributed by atoms with Crippen molar-refractivity contribution in [1.82, 2.24) is 4.90 Å². The average molecular weight is 486 g/mol. The lowest BCUT2D eigenvalue weighted by Gasteiger charge is -2.50. The van der Waals surface area contributed by atoms with Gasteiger partial charge in [0.15, 0.2) is 17.2 Å². The van der Waals surface area contributed by atoms with Gasteiger partial charge in [-0.3, -0.25) is 4.79 Å². The van der Waals surface area contributed by atoms with Crippen LogP contribution in [0.3, 0.4) is 0 Å². The third-order valence-corrected chi connectivity index (χ3v) is 6.46. The Hall–Kier alpha value is -2.93. The number of allylic oxidation sites excluding steroid dienone is 1. The summed E-state index contributed by atoms with van der Waals surface area (Å²) in [7, 11) is 4.85. The van der Waals surface area contributed by atoms with E-state index < -0.39 is 5.72 Å². The zero-order chi connectivity index (χ0) is 22.3. The fourth-order valence-electron chi connectivity index (χ4n) is 4.17. The van der Waals surface area contributed by atoms with Crippen molar-refractivity contribution in [2.24, 2.45) is 0 Å². The minimum Gasteiger partial charge on any atom is -0.507 e. The molecule has 0 radical (unpaired) electrons. The molecule has 4 rings (SSSR count). The minimum atomic E-state index is -0.764. The zero-order valence-electron chi connectivity index (χ0n) is 17.8. The predicted octanol–water partition coefficient (Wildman–Crippen LogP) is 5.05. The lowest BCUT2D eigenvalue weighted by Crippen LogP contribution is -2.59. The number of aliphatic hydroxyl groups excluding tert-OH is 1. The molecule has 2 heterocycles. The lowest BCUT2D eigenvalue weighted by molar-refractivity contribution is -0.153. The highest BCUT2D eigenvalue weighted by Crippen LogP contribution is 2.50. The van der Waals surface area contributed by atoms with Gasteiger partial charge in [-0.15, -0.1) is 0 Å². The zero-order valence-corrected chi connectivity index (χ0v) is 19.4. The second kappa shape index (κ2) is 7.96. The van der Waals surface area contributed by atoms with Crippen LogP contribution in [0.1, 0.15) is 30.4 Å². The summed E-state index contributed by atoms with van der Waals surface area (Å²) in [4.78, 5) is 14.8. The van der Waals surface area contributed by atoms with Crippen LogP contribution in [-0.4, -0.2) is 42.9 Å². The molecule has 2 aliphatic rings. The van der Waals surface area contributed by atoms with E-state index in [1.807, 2.05) is 31.2 Å². The Kier molecular flexibility index (Phi) is 5.47. The first-order valence-electron chi connectivity index (χ1n) is 9.87. The standard InChI is InChI=1S/C24H24BrNO5/c1-24-13-17(16-12-15(25)7-10-19(16)31-24)22(23(28)26(24)2)18(27)8-5-14-6-9-20(29-3)21(11-14)30-4/h5-12,17,27H,13H2,1-4H3/b8-5+,22-18-/t17-,24+/m0/s1. The van der Waals surface area contributed by atoms with Crippen LogP contribution in [0.2, 0.25) is 0 Å². The van der Waals surface area contributed by atoms with E-state index in [2.05, 4.69) is 15.9 Å². The number of halogens is 1. The number of hydrogen-bond donors (Lipinski definition) is 1. The number of ether oxygens (including phenoxy) is 3. The summed E-state index contributed by atoms with van der Waals surface area (Å²) in [5, 5.41) is 11.0. The minimum absolute atomic E-state index is 0.0634. The summed E-state index contributed by atoms with van der Waals surface area (Å²) in [6.07, 6.45) is 3.85. The summed E-state index contributed by atoms with van der Waals surface area (Å²) < 4.78 is 17.7. The monoisotopic (exact) mass is 485 g/mol. The first kappa shape index (κ1) is 21.3. The van der Waals surface area contributed by atoms with Crippen LogP contribution >= 0.6 is 15.9 Å². The number of rotatable bonds is 4. The van der Waals surface area contributed by atoms with Crippen molar-refractivity contribution in [1.29, 1.82) is 0 Å². The number of carbonyl (C=O) groups excluding carboxylic acids is 1. The van der Waals surface area contributed by atoms with E-state index in [0.717, 1.165) is 21.3 Å². The fraction of sp³-hybridized carbons (Fsp3) is 0.292. The van der Waals surface area contributed by atoms with Gasteiger partial charge in [-0.25, -0.2) is 0 Å². The van der Waals surface area contributed by atoms with Crippen LogP contribution in [0.5, 0.6) is 17.2 Å². The molecule has 0 saturated carbocycles. The molecular weight excluding hydrogens is 462 g/mol. The summed E-state index contributed by atoms with van der Waals surface area (Å²) in [6.45, 7) is 1.90. The normalized spacial score (nSPS) is 24.0. The van der Waals surface area contributed by atoms with E-state index >= 15 is 0 Å². The SMILES string of the molecule is COc1ccc(/C=C/C(O)=C2/C(=O)N(C)[C@@]3(C)C[C@H]2c2cc(Br)ccc2O3)cc1OC. The third kappa shape index (κ3) is 3.67. The van der Waals surface area contributed by atoms with Gasteiger partial charge in [0.05, 0.1) is 19.8 Å². The molecule has 1 saturated heterocycles. The lowest BCUT2D eigenvalue weighted by atomic mass is 9.77. The number of carbonyl (C=O) groups is 1. The number of benzene rings is 2. The highest BCUT2D eigenvalue weighted by Gasteiger charge is 2.51. The van der Waals surface area contributed by atoms with Gasteiger partial charge in [-0.2, -0.15) is 0 Å². The number of amides is 1. The van der Waals surface area contributed by atoms with Gasteiger partial charge in [-0.05, 0) is 48.9 Å². The van der Waals surface area contributed by atoms with Crippen molar-refractivity contribution < 1.29 is 24.1 Å². The smallest absolute Gasteiger partial charge is 0.256 e. The van der Waals surface area contributed by atoms with Gasteiger partial charge < -0.3 is 24.2 Å². The van der Waals surface area contributed by atoms with Crippen LogP contribution in [0, 0.1) is 0 Å². The molecule has 2 aromatic rings. The first-order valence-corrected chi connectivity index (χ1v) is 10.7. The average Bonchev–Trinajstić information content (AvgIpc) is 2.76. The number of methoxy groups -OCH3 is 2. The molecule has 2 bridgehead atoms. The molecule has 0 aliphatic carbocycles. The molecule has 6 nitrogen and oxygen atoms in total. The highest BCUT2D eigenvalue weighted by atomic mass is 79.9. The number of aliphatic hydroxyl groups is 1. The van der Waals surface area contributed by atoms with E-state index in [1.165, 1.54) is 0 Å². The molecule has 2 aliphatic heterocycles. The maximum Gasteiger partial charge on any atom is 0.256 e. The predicted molar refractivity (Wildman–Crippen MR) is 122 cm³/mol. The molecule has 7 heteroatoms. The second-order valence-corrected chi connectivity index (χ2v) is 8.74. The number of hydrogen-bond acceptors (Lipinski definition) is 5. The first-order chi connectivity index (χ1) is 14.8. The molecular formula is C24H24BrNO5. The quantitative estimate of drug-likeness (QED) is 0.484. The van der Waals surface area contributed by atoms with Crippen LogP contribution in [0.15, 0.2) is 58.3 Å². The maximum atomic E-state index is 13.2. The number of nitrogens with zero attached hydrogens (tertiary/aromatic N) is 1. The number of fused-ring (bicyclic) bond motifs is 4.